The third-order valence-electron chi connectivity index (χ3n) is 5.48. The lowest BCUT2D eigenvalue weighted by molar-refractivity contribution is -0.114. The van der Waals surface area contributed by atoms with Crippen LogP contribution in [-0.4, -0.2) is 28.4 Å². The van der Waals surface area contributed by atoms with Crippen LogP contribution in [0.15, 0.2) is 60.6 Å². The van der Waals surface area contributed by atoms with Gasteiger partial charge in [0.1, 0.15) is 17.8 Å². The number of hydrogen-bond acceptors (Lipinski definition) is 6. The molecule has 8 nitrogen and oxygen atoms in total. The molecule has 8 heteroatoms. The van der Waals surface area contributed by atoms with Gasteiger partial charge in [0.15, 0.2) is 12.5 Å². The Bertz CT molecular complexity index is 1200. The third-order valence-corrected chi connectivity index (χ3v) is 5.48. The van der Waals surface area contributed by atoms with Crippen molar-refractivity contribution in [3.05, 3.63) is 71.9 Å². The predicted molar refractivity (Wildman–Crippen MR) is 117 cm³/mol. The Labute approximate surface area is 178 Å². The van der Waals surface area contributed by atoms with E-state index in [1.54, 1.807) is 11.1 Å². The van der Waals surface area contributed by atoms with Gasteiger partial charge in [0.25, 0.3) is 5.91 Å². The van der Waals surface area contributed by atoms with Gasteiger partial charge in [-0.1, -0.05) is 18.2 Å². The molecule has 0 radical (unpaired) electrons. The number of aromatic nitrogens is 2. The Hall–Kier alpha value is -4.07. The van der Waals surface area contributed by atoms with Crippen molar-refractivity contribution in [1.82, 2.24) is 9.97 Å². The molecular formula is C23H21N5O3. The first-order chi connectivity index (χ1) is 15.1. The van der Waals surface area contributed by atoms with E-state index in [-0.39, 0.29) is 18.2 Å². The molecule has 2 aromatic heterocycles. The topological polar surface area (TPSA) is 113 Å². The minimum Gasteiger partial charge on any atom is -0.478 e. The molecular weight excluding hydrogens is 394 g/mol. The summed E-state index contributed by atoms with van der Waals surface area (Å²) in [6, 6.07) is 13.5. The number of pyridine rings is 1. The van der Waals surface area contributed by atoms with Gasteiger partial charge in [-0.05, 0) is 37.1 Å². The summed E-state index contributed by atoms with van der Waals surface area (Å²) in [5.74, 6) is 0.0741. The maximum atomic E-state index is 12.8. The van der Waals surface area contributed by atoms with E-state index in [1.807, 2.05) is 42.5 Å². The quantitative estimate of drug-likeness (QED) is 0.588. The van der Waals surface area contributed by atoms with Gasteiger partial charge in [-0.2, -0.15) is 0 Å². The molecule has 0 atom stereocenters. The number of aryl methyl sites for hydroxylation is 1. The number of ether oxygens (including phenoxy) is 1. The van der Waals surface area contributed by atoms with E-state index < -0.39 is 5.91 Å². The molecule has 1 aromatic carbocycles. The fraction of sp³-hybridized carbons (Fsp3) is 0.174. The number of primary amides is 1. The largest absolute Gasteiger partial charge is 0.478 e. The number of carbonyl (C=O) groups excluding carboxylic acids is 2. The standard InChI is InChI=1S/C23H21N5O3/c24-23(30)17-12-31-13-28(17)19-11-14(9-10-25-19)21-22(26-15-5-2-1-3-6-15)20-16(27-21)7-4-8-18(20)29/h1-3,5-6,9-12,26-27H,4,7-8,13H2,(H2,24,30). The van der Waals surface area contributed by atoms with Gasteiger partial charge in [-0.3, -0.25) is 14.5 Å². The fourth-order valence-electron chi connectivity index (χ4n) is 4.03. The minimum atomic E-state index is -0.586. The molecule has 0 saturated heterocycles. The molecule has 4 N–H and O–H groups in total. The molecule has 3 heterocycles. The predicted octanol–water partition coefficient (Wildman–Crippen LogP) is 3.46. The smallest absolute Gasteiger partial charge is 0.268 e. The van der Waals surface area contributed by atoms with Crippen molar-refractivity contribution >= 4 is 28.9 Å². The fourth-order valence-corrected chi connectivity index (χ4v) is 4.03. The van der Waals surface area contributed by atoms with Crippen molar-refractivity contribution in [1.29, 1.82) is 0 Å². The number of para-hydroxylation sites is 1. The van der Waals surface area contributed by atoms with Crippen LogP contribution in [0, 0.1) is 0 Å². The van der Waals surface area contributed by atoms with Crippen LogP contribution < -0.4 is 16.0 Å². The molecule has 1 aliphatic carbocycles. The molecule has 31 heavy (non-hydrogen) atoms. The molecule has 0 fully saturated rings. The summed E-state index contributed by atoms with van der Waals surface area (Å²) in [6.07, 6.45) is 5.18. The van der Waals surface area contributed by atoms with E-state index in [4.69, 9.17) is 10.5 Å². The summed E-state index contributed by atoms with van der Waals surface area (Å²) in [4.78, 5) is 34.0. The first-order valence-electron chi connectivity index (χ1n) is 10.1. The second kappa shape index (κ2) is 7.64. The highest BCUT2D eigenvalue weighted by molar-refractivity contribution is 6.07. The number of nitrogens with zero attached hydrogens (tertiary/aromatic N) is 2. The molecule has 5 rings (SSSR count). The number of ketones is 1. The Morgan fingerprint density at radius 3 is 2.84 bits per heavy atom. The van der Waals surface area contributed by atoms with Gasteiger partial charge in [0, 0.05) is 29.6 Å². The van der Waals surface area contributed by atoms with Crippen molar-refractivity contribution in [2.45, 2.75) is 19.3 Å². The summed E-state index contributed by atoms with van der Waals surface area (Å²) in [5.41, 5.74) is 10.6. The summed E-state index contributed by atoms with van der Waals surface area (Å²) in [7, 11) is 0. The third kappa shape index (κ3) is 3.42. The molecule has 0 spiro atoms. The maximum absolute atomic E-state index is 12.8. The van der Waals surface area contributed by atoms with Crippen LogP contribution in [0.1, 0.15) is 28.9 Å². The van der Waals surface area contributed by atoms with Crippen LogP contribution >= 0.6 is 0 Å². The number of anilines is 3. The Morgan fingerprint density at radius 1 is 1.19 bits per heavy atom. The first kappa shape index (κ1) is 18.9. The lowest BCUT2D eigenvalue weighted by Gasteiger charge is -2.18. The molecule has 0 unspecified atom stereocenters. The van der Waals surface area contributed by atoms with Crippen LogP contribution in [0.2, 0.25) is 0 Å². The Balaban J connectivity index is 1.60. The molecule has 156 valence electrons. The van der Waals surface area contributed by atoms with E-state index in [1.165, 1.54) is 6.26 Å². The van der Waals surface area contributed by atoms with Crippen LogP contribution in [0.3, 0.4) is 0 Å². The molecule has 0 bridgehead atoms. The summed E-state index contributed by atoms with van der Waals surface area (Å²) in [6.45, 7) is 0.156. The summed E-state index contributed by atoms with van der Waals surface area (Å²) < 4.78 is 5.27. The number of hydrogen-bond donors (Lipinski definition) is 3. The van der Waals surface area contributed by atoms with Crippen molar-refractivity contribution in [2.24, 2.45) is 5.73 Å². The summed E-state index contributed by atoms with van der Waals surface area (Å²) in [5, 5.41) is 3.43. The van der Waals surface area contributed by atoms with Crippen molar-refractivity contribution < 1.29 is 14.3 Å². The number of H-pyrrole nitrogens is 1. The Kier molecular flexibility index (Phi) is 4.66. The number of carbonyl (C=O) groups is 2. The average Bonchev–Trinajstić information content (AvgIpc) is 3.41. The Morgan fingerprint density at radius 2 is 2.03 bits per heavy atom. The van der Waals surface area contributed by atoms with Gasteiger partial charge in [-0.25, -0.2) is 4.98 Å². The van der Waals surface area contributed by atoms with Crippen molar-refractivity contribution in [3.63, 3.8) is 0 Å². The van der Waals surface area contributed by atoms with E-state index >= 15 is 0 Å². The number of nitrogens with one attached hydrogen (secondary N) is 2. The van der Waals surface area contributed by atoms with Crippen LogP contribution in [0.5, 0.6) is 0 Å². The first-order valence-corrected chi connectivity index (χ1v) is 10.1. The zero-order chi connectivity index (χ0) is 21.4. The number of aromatic amines is 1. The number of Topliss-reactive ketones (excluding diaryl/α,β-unsaturated/α-hetero) is 1. The molecule has 1 aliphatic heterocycles. The van der Waals surface area contributed by atoms with Crippen molar-refractivity contribution in [3.8, 4) is 11.3 Å². The number of rotatable bonds is 5. The highest BCUT2D eigenvalue weighted by atomic mass is 16.5. The maximum Gasteiger partial charge on any atom is 0.268 e. The van der Waals surface area contributed by atoms with Crippen LogP contribution in [0.4, 0.5) is 17.2 Å². The normalized spacial score (nSPS) is 15.3. The minimum absolute atomic E-state index is 0.128. The van der Waals surface area contributed by atoms with Gasteiger partial charge < -0.3 is 20.8 Å². The zero-order valence-corrected chi connectivity index (χ0v) is 16.7. The number of amides is 1. The van der Waals surface area contributed by atoms with Gasteiger partial charge in [0.05, 0.1) is 16.9 Å². The van der Waals surface area contributed by atoms with Crippen LogP contribution in [-0.2, 0) is 16.0 Å². The second-order valence-corrected chi connectivity index (χ2v) is 7.49. The number of benzene rings is 1. The van der Waals surface area contributed by atoms with Gasteiger partial charge >= 0.3 is 0 Å². The lowest BCUT2D eigenvalue weighted by atomic mass is 9.95. The number of fused-ring (bicyclic) bond motifs is 1. The average molecular weight is 415 g/mol. The van der Waals surface area contributed by atoms with E-state index in [0.29, 0.717) is 17.8 Å². The van der Waals surface area contributed by atoms with Gasteiger partial charge in [-0.15, -0.1) is 0 Å². The monoisotopic (exact) mass is 415 g/mol. The summed E-state index contributed by atoms with van der Waals surface area (Å²) >= 11 is 0. The molecule has 2 aliphatic rings. The molecule has 3 aromatic rings. The molecule has 0 saturated carbocycles. The van der Waals surface area contributed by atoms with Crippen molar-refractivity contribution in [2.75, 3.05) is 16.9 Å². The number of nitrogens with two attached hydrogens (primary N) is 1. The second-order valence-electron chi connectivity index (χ2n) is 7.49. The molecule has 1 amide bonds. The van der Waals surface area contributed by atoms with Gasteiger partial charge in [0.2, 0.25) is 0 Å². The lowest BCUT2D eigenvalue weighted by Crippen LogP contribution is -2.29. The zero-order valence-electron chi connectivity index (χ0n) is 16.7. The highest BCUT2D eigenvalue weighted by Gasteiger charge is 2.28. The van der Waals surface area contributed by atoms with Crippen LogP contribution in [0.25, 0.3) is 11.3 Å². The van der Waals surface area contributed by atoms with E-state index in [2.05, 4.69) is 15.3 Å². The highest BCUT2D eigenvalue weighted by Crippen LogP contribution is 2.39. The van der Waals surface area contributed by atoms with E-state index in [9.17, 15) is 9.59 Å². The van der Waals surface area contributed by atoms with E-state index in [0.717, 1.165) is 41.2 Å². The SMILES string of the molecule is NC(=O)C1=COCN1c1cc(-c2[nH]c3c(c2Nc2ccccc2)C(=O)CCC3)ccn1.